The van der Waals surface area contributed by atoms with Crippen molar-refractivity contribution in [1.29, 1.82) is 0 Å². The number of thioether (sulfide) groups is 1. The van der Waals surface area contributed by atoms with Crippen LogP contribution in [0.3, 0.4) is 0 Å². The van der Waals surface area contributed by atoms with Gasteiger partial charge in [-0.1, -0.05) is 12.1 Å². The molecule has 0 saturated carbocycles. The second-order valence-corrected chi connectivity index (χ2v) is 7.15. The third-order valence-electron chi connectivity index (χ3n) is 4.15. The Kier molecular flexibility index (Phi) is 9.17. The minimum absolute atomic E-state index is 0.355. The third kappa shape index (κ3) is 7.41. The Balaban J connectivity index is 2.03. The number of hydrogen-bond donors (Lipinski definition) is 4. The molecule has 0 unspecified atom stereocenters. The molecule has 2 amide bonds. The van der Waals surface area contributed by atoms with Crippen LogP contribution in [0, 0.1) is 5.82 Å². The van der Waals surface area contributed by atoms with Gasteiger partial charge in [0.05, 0.1) is 0 Å². The van der Waals surface area contributed by atoms with Crippen molar-refractivity contribution >= 4 is 29.4 Å². The molecule has 0 aromatic heterocycles. The maximum Gasteiger partial charge on any atom is 0.412 e. The topological polar surface area (TPSA) is 108 Å². The second kappa shape index (κ2) is 11.8. The van der Waals surface area contributed by atoms with Crippen molar-refractivity contribution in [3.63, 3.8) is 0 Å². The van der Waals surface area contributed by atoms with Crippen molar-refractivity contribution in [3.05, 3.63) is 66.0 Å². The fourth-order valence-electron chi connectivity index (χ4n) is 2.62. The molecular formula is C21H23FN2O5S. The van der Waals surface area contributed by atoms with E-state index in [2.05, 4.69) is 5.32 Å². The van der Waals surface area contributed by atoms with Crippen LogP contribution in [0.2, 0.25) is 0 Å². The van der Waals surface area contributed by atoms with E-state index in [9.17, 15) is 19.1 Å². The predicted octanol–water partition coefficient (Wildman–Crippen LogP) is 4.77. The number of nitrogens with one attached hydrogen (secondary N) is 2. The Morgan fingerprint density at radius 1 is 1.23 bits per heavy atom. The zero-order valence-electron chi connectivity index (χ0n) is 16.3. The largest absolute Gasteiger partial charge is 0.505 e. The number of carbonyl (C=O) groups is 2. The van der Waals surface area contributed by atoms with Crippen molar-refractivity contribution in [2.45, 2.75) is 30.3 Å². The number of ether oxygens (including phenoxy) is 1. The highest BCUT2D eigenvalue weighted by Crippen LogP contribution is 2.28. The van der Waals surface area contributed by atoms with Gasteiger partial charge in [-0.3, -0.25) is 15.3 Å². The lowest BCUT2D eigenvalue weighted by Crippen LogP contribution is -2.18. The number of halogens is 1. The highest BCUT2D eigenvalue weighted by atomic mass is 32.2. The Bertz CT molecular complexity index is 889. The van der Waals surface area contributed by atoms with Crippen molar-refractivity contribution < 1.29 is 29.0 Å². The molecule has 30 heavy (non-hydrogen) atoms. The number of anilines is 1. The number of amides is 2. The number of phenols is 1. The number of benzene rings is 2. The number of phenolic OH excluding ortho intramolecular Hbond substituents is 1. The van der Waals surface area contributed by atoms with Crippen LogP contribution < -0.4 is 10.8 Å². The summed E-state index contributed by atoms with van der Waals surface area (Å²) < 4.78 is 19.3. The summed E-state index contributed by atoms with van der Waals surface area (Å²) in [5, 5.41) is 20.5. The molecule has 1 atom stereocenters. The molecule has 0 radical (unpaired) electrons. The molecule has 7 nitrogen and oxygen atoms in total. The summed E-state index contributed by atoms with van der Waals surface area (Å²) >= 11 is 1.58. The maximum absolute atomic E-state index is 13.8. The average Bonchev–Trinajstić information content (AvgIpc) is 2.75. The number of rotatable bonds is 9. The van der Waals surface area contributed by atoms with Gasteiger partial charge in [-0.25, -0.2) is 14.7 Å². The molecule has 0 fully saturated rings. The zero-order chi connectivity index (χ0) is 21.9. The van der Waals surface area contributed by atoms with Crippen LogP contribution in [0.4, 0.5) is 14.9 Å². The lowest BCUT2D eigenvalue weighted by Gasteiger charge is -2.19. The number of hydroxylamine groups is 1. The van der Waals surface area contributed by atoms with E-state index in [1.807, 2.05) is 18.4 Å². The summed E-state index contributed by atoms with van der Waals surface area (Å²) in [5.41, 5.74) is 2.45. The number of carbonyl (C=O) groups excluding carboxylic acids is 2. The van der Waals surface area contributed by atoms with Gasteiger partial charge < -0.3 is 9.84 Å². The van der Waals surface area contributed by atoms with Crippen molar-refractivity contribution in [1.82, 2.24) is 5.48 Å². The monoisotopic (exact) mass is 434 g/mol. The Morgan fingerprint density at radius 3 is 2.60 bits per heavy atom. The quantitative estimate of drug-likeness (QED) is 0.149. The lowest BCUT2D eigenvalue weighted by molar-refractivity contribution is -0.124. The maximum atomic E-state index is 13.8. The van der Waals surface area contributed by atoms with E-state index in [1.165, 1.54) is 23.7 Å². The molecule has 2 rings (SSSR count). The van der Waals surface area contributed by atoms with Crippen LogP contribution in [-0.2, 0) is 9.53 Å². The number of unbranched alkanes of at least 4 members (excludes halogenated alkanes) is 1. The van der Waals surface area contributed by atoms with Gasteiger partial charge >= 0.3 is 6.09 Å². The van der Waals surface area contributed by atoms with Crippen molar-refractivity contribution in [2.75, 3.05) is 11.6 Å². The number of aromatic hydroxyl groups is 1. The summed E-state index contributed by atoms with van der Waals surface area (Å²) in [6.07, 6.45) is 4.60. The summed E-state index contributed by atoms with van der Waals surface area (Å²) in [4.78, 5) is 24.4. The molecule has 0 heterocycles. The van der Waals surface area contributed by atoms with E-state index in [4.69, 9.17) is 9.94 Å². The van der Waals surface area contributed by atoms with Crippen molar-refractivity contribution in [2.24, 2.45) is 0 Å². The standard InChI is InChI=1S/C21H23FN2O5S/c1-30-16-10-8-15(9-11-16)23-21(27)29-19(5-3-2-4-6-20(26)24-28)14-7-12-18(25)17(22)13-14/h4,6-13,19,25,28H,2-3,5H2,1H3,(H,23,27)(H,24,26)/b6-4+/t19-/m1/s1. The van der Waals surface area contributed by atoms with Crippen LogP contribution >= 0.6 is 11.8 Å². The molecule has 0 saturated heterocycles. The van der Waals surface area contributed by atoms with E-state index in [0.717, 1.165) is 11.0 Å². The van der Waals surface area contributed by atoms with E-state index >= 15 is 0 Å². The molecule has 0 bridgehead atoms. The molecule has 4 N–H and O–H groups in total. The highest BCUT2D eigenvalue weighted by Gasteiger charge is 2.18. The first-order valence-electron chi connectivity index (χ1n) is 9.13. The van der Waals surface area contributed by atoms with Gasteiger partial charge in [-0.05, 0) is 67.5 Å². The summed E-state index contributed by atoms with van der Waals surface area (Å²) in [6, 6.07) is 11.0. The molecule has 9 heteroatoms. The van der Waals surface area contributed by atoms with Gasteiger partial charge in [0.1, 0.15) is 6.10 Å². The minimum atomic E-state index is -0.811. The molecule has 2 aromatic rings. The molecule has 2 aromatic carbocycles. The van der Waals surface area contributed by atoms with E-state index in [-0.39, 0.29) is 0 Å². The predicted molar refractivity (Wildman–Crippen MR) is 112 cm³/mol. The van der Waals surface area contributed by atoms with Gasteiger partial charge in [-0.2, -0.15) is 0 Å². The van der Waals surface area contributed by atoms with Crippen LogP contribution in [0.5, 0.6) is 5.75 Å². The Morgan fingerprint density at radius 2 is 1.97 bits per heavy atom. The normalized spacial score (nSPS) is 11.8. The van der Waals surface area contributed by atoms with Gasteiger partial charge in [0.2, 0.25) is 0 Å². The Hall–Kier alpha value is -3.04. The van der Waals surface area contributed by atoms with Crippen molar-refractivity contribution in [3.8, 4) is 5.75 Å². The van der Waals surface area contributed by atoms with Gasteiger partial charge in [0.15, 0.2) is 11.6 Å². The zero-order valence-corrected chi connectivity index (χ0v) is 17.1. The molecule has 160 valence electrons. The first-order valence-corrected chi connectivity index (χ1v) is 10.4. The second-order valence-electron chi connectivity index (χ2n) is 6.27. The summed E-state index contributed by atoms with van der Waals surface area (Å²) in [5.74, 6) is -1.95. The smallest absolute Gasteiger partial charge is 0.412 e. The number of allylic oxidation sites excluding steroid dienone is 1. The minimum Gasteiger partial charge on any atom is -0.505 e. The highest BCUT2D eigenvalue weighted by molar-refractivity contribution is 7.98. The van der Waals surface area contributed by atoms with Crippen LogP contribution in [-0.4, -0.2) is 28.6 Å². The van der Waals surface area contributed by atoms with Crippen LogP contribution in [0.15, 0.2) is 59.5 Å². The first kappa shape index (κ1) is 23.2. The fraction of sp³-hybridized carbons (Fsp3) is 0.238. The van der Waals surface area contributed by atoms with E-state index in [1.54, 1.807) is 30.0 Å². The Labute approximate surface area is 177 Å². The molecule has 0 aliphatic rings. The first-order chi connectivity index (χ1) is 14.4. The van der Waals surface area contributed by atoms with Gasteiger partial charge in [-0.15, -0.1) is 11.8 Å². The molecular weight excluding hydrogens is 411 g/mol. The average molecular weight is 434 g/mol. The van der Waals surface area contributed by atoms with E-state index < -0.39 is 29.7 Å². The van der Waals surface area contributed by atoms with Crippen LogP contribution in [0.1, 0.15) is 30.9 Å². The molecule has 0 aliphatic heterocycles. The lowest BCUT2D eigenvalue weighted by atomic mass is 10.0. The molecule has 0 spiro atoms. The third-order valence-corrected chi connectivity index (χ3v) is 4.89. The summed E-state index contributed by atoms with van der Waals surface area (Å²) in [6.45, 7) is 0. The fourth-order valence-corrected chi connectivity index (χ4v) is 3.02. The van der Waals surface area contributed by atoms with Crippen LogP contribution in [0.25, 0.3) is 0 Å². The van der Waals surface area contributed by atoms with Gasteiger partial charge in [0.25, 0.3) is 5.91 Å². The van der Waals surface area contributed by atoms with Gasteiger partial charge in [0, 0.05) is 16.7 Å². The molecule has 0 aliphatic carbocycles. The SMILES string of the molecule is CSc1ccc(NC(=O)O[C@H](CCC/C=C/C(=O)NO)c2ccc(O)c(F)c2)cc1. The number of hydrogen-bond acceptors (Lipinski definition) is 6. The summed E-state index contributed by atoms with van der Waals surface area (Å²) in [7, 11) is 0. The van der Waals surface area contributed by atoms with E-state index in [0.29, 0.717) is 30.5 Å².